The van der Waals surface area contributed by atoms with Crippen molar-refractivity contribution in [1.29, 1.82) is 0 Å². The number of benzene rings is 5. The van der Waals surface area contributed by atoms with E-state index in [1.54, 1.807) is 0 Å². The summed E-state index contributed by atoms with van der Waals surface area (Å²) in [6.45, 7) is 0. The Morgan fingerprint density at radius 3 is 1.88 bits per heavy atom. The van der Waals surface area contributed by atoms with Gasteiger partial charge in [-0.1, -0.05) is 115 Å². The first-order valence-electron chi connectivity index (χ1n) is 13.7. The van der Waals surface area contributed by atoms with Gasteiger partial charge in [0.1, 0.15) is 11.3 Å². The molecular formula is C38H23NO. The maximum absolute atomic E-state index is 6.80. The molecule has 0 fully saturated rings. The molecule has 2 aromatic heterocycles. The second kappa shape index (κ2) is 7.91. The number of aromatic nitrogens is 1. The molecule has 0 radical (unpaired) electrons. The maximum atomic E-state index is 6.80. The Hall–Kier alpha value is -5.21. The molecule has 0 saturated carbocycles. The van der Waals surface area contributed by atoms with E-state index in [0.717, 1.165) is 22.6 Å². The molecule has 0 unspecified atom stereocenters. The van der Waals surface area contributed by atoms with Crippen molar-refractivity contribution in [2.75, 3.05) is 0 Å². The first-order valence-corrected chi connectivity index (χ1v) is 13.7. The first kappa shape index (κ1) is 21.7. The van der Waals surface area contributed by atoms with Crippen molar-refractivity contribution in [3.8, 4) is 44.8 Å². The molecule has 5 aromatic carbocycles. The number of nitrogens with zero attached hydrogens (tertiary/aromatic N) is 1. The minimum Gasteiger partial charge on any atom is -0.456 e. The van der Waals surface area contributed by atoms with Crippen LogP contribution < -0.4 is 0 Å². The van der Waals surface area contributed by atoms with Gasteiger partial charge in [-0.2, -0.15) is 0 Å². The second-order valence-electron chi connectivity index (χ2n) is 10.7. The van der Waals surface area contributed by atoms with Gasteiger partial charge in [0.15, 0.2) is 0 Å². The fourth-order valence-corrected chi connectivity index (χ4v) is 7.23. The molecule has 2 aliphatic rings. The zero-order valence-corrected chi connectivity index (χ0v) is 21.6. The first-order chi connectivity index (χ1) is 19.9. The SMILES string of the molecule is c1ccc(-c2ccc(-c3cccc4c3-c3oc5ccccc5c3C43c4ccccc4-c4ccccc43)cc2)nc1. The molecule has 0 atom stereocenters. The van der Waals surface area contributed by atoms with Gasteiger partial charge in [-0.3, -0.25) is 4.98 Å². The Bertz CT molecular complexity index is 2060. The Morgan fingerprint density at radius 1 is 0.500 bits per heavy atom. The lowest BCUT2D eigenvalue weighted by atomic mass is 9.70. The van der Waals surface area contributed by atoms with E-state index in [2.05, 4.69) is 126 Å². The summed E-state index contributed by atoms with van der Waals surface area (Å²) in [4.78, 5) is 4.54. The van der Waals surface area contributed by atoms with E-state index in [4.69, 9.17) is 4.42 Å². The van der Waals surface area contributed by atoms with Crippen LogP contribution in [0.1, 0.15) is 22.3 Å². The van der Waals surface area contributed by atoms with Gasteiger partial charge in [-0.15, -0.1) is 0 Å². The van der Waals surface area contributed by atoms with Gasteiger partial charge in [0.2, 0.25) is 0 Å². The Labute approximate surface area is 232 Å². The molecule has 2 aliphatic carbocycles. The number of pyridine rings is 1. The van der Waals surface area contributed by atoms with Crippen LogP contribution in [0.15, 0.2) is 144 Å². The lowest BCUT2D eigenvalue weighted by Crippen LogP contribution is -2.25. The summed E-state index contributed by atoms with van der Waals surface area (Å²) >= 11 is 0. The van der Waals surface area contributed by atoms with Crippen molar-refractivity contribution < 1.29 is 4.42 Å². The molecule has 0 bridgehead atoms. The van der Waals surface area contributed by atoms with Gasteiger partial charge in [0, 0.05) is 28.3 Å². The molecule has 2 nitrogen and oxygen atoms in total. The standard InChI is InChI=1S/C38H23NO/c1-4-14-30-27(10-1)28-11-2-5-15-31(28)38(30)32-16-9-13-26(24-19-21-25(22-20-24)33-17-7-8-23-39-33)35(32)37-36(38)29-12-3-6-18-34(29)40-37/h1-23H. The average molecular weight is 510 g/mol. The Morgan fingerprint density at radius 2 is 1.12 bits per heavy atom. The van der Waals surface area contributed by atoms with E-state index in [9.17, 15) is 0 Å². The van der Waals surface area contributed by atoms with E-state index < -0.39 is 5.41 Å². The highest BCUT2D eigenvalue weighted by atomic mass is 16.3. The average Bonchev–Trinajstić information content (AvgIpc) is 3.65. The van der Waals surface area contributed by atoms with Gasteiger partial charge in [-0.25, -0.2) is 0 Å². The van der Waals surface area contributed by atoms with Crippen LogP contribution in [0.25, 0.3) is 55.8 Å². The molecule has 0 saturated heterocycles. The van der Waals surface area contributed by atoms with Crippen molar-refractivity contribution >= 4 is 11.0 Å². The van der Waals surface area contributed by atoms with Crippen LogP contribution in [-0.2, 0) is 5.41 Å². The lowest BCUT2D eigenvalue weighted by Gasteiger charge is -2.30. The fourth-order valence-electron chi connectivity index (χ4n) is 7.23. The molecule has 2 heteroatoms. The van der Waals surface area contributed by atoms with E-state index in [1.807, 2.05) is 18.3 Å². The third-order valence-corrected chi connectivity index (χ3v) is 8.77. The zero-order valence-electron chi connectivity index (χ0n) is 21.6. The van der Waals surface area contributed by atoms with Crippen molar-refractivity contribution in [2.24, 2.45) is 0 Å². The van der Waals surface area contributed by atoms with Crippen LogP contribution in [0.4, 0.5) is 0 Å². The van der Waals surface area contributed by atoms with Crippen LogP contribution in [0.2, 0.25) is 0 Å². The van der Waals surface area contributed by atoms with Crippen LogP contribution in [0.5, 0.6) is 0 Å². The molecule has 0 aliphatic heterocycles. The molecule has 1 spiro atoms. The summed E-state index contributed by atoms with van der Waals surface area (Å²) < 4.78 is 6.80. The van der Waals surface area contributed by atoms with E-state index >= 15 is 0 Å². The van der Waals surface area contributed by atoms with Crippen LogP contribution in [-0.4, -0.2) is 4.98 Å². The summed E-state index contributed by atoms with van der Waals surface area (Å²) in [7, 11) is 0. The van der Waals surface area contributed by atoms with Crippen molar-refractivity contribution in [2.45, 2.75) is 5.41 Å². The van der Waals surface area contributed by atoms with E-state index in [-0.39, 0.29) is 0 Å². The number of rotatable bonds is 2. The van der Waals surface area contributed by atoms with Crippen molar-refractivity contribution in [1.82, 2.24) is 4.98 Å². The predicted molar refractivity (Wildman–Crippen MR) is 161 cm³/mol. The molecular weight excluding hydrogens is 486 g/mol. The fraction of sp³-hybridized carbons (Fsp3) is 0.0263. The van der Waals surface area contributed by atoms with Gasteiger partial charge in [0.05, 0.1) is 11.1 Å². The summed E-state index contributed by atoms with van der Waals surface area (Å²) in [6.07, 6.45) is 1.84. The minimum absolute atomic E-state index is 0.436. The van der Waals surface area contributed by atoms with Crippen LogP contribution in [0, 0.1) is 0 Å². The minimum atomic E-state index is -0.436. The Kier molecular flexibility index (Phi) is 4.29. The molecule has 0 amide bonds. The monoisotopic (exact) mass is 509 g/mol. The molecule has 7 aromatic rings. The van der Waals surface area contributed by atoms with Gasteiger partial charge < -0.3 is 4.42 Å². The number of fused-ring (bicyclic) bond motifs is 12. The number of hydrogen-bond acceptors (Lipinski definition) is 2. The Balaban J connectivity index is 1.38. The lowest BCUT2D eigenvalue weighted by molar-refractivity contribution is 0.629. The number of para-hydroxylation sites is 1. The van der Waals surface area contributed by atoms with Crippen molar-refractivity contribution in [3.05, 3.63) is 162 Å². The number of hydrogen-bond donors (Lipinski definition) is 0. The van der Waals surface area contributed by atoms with Crippen molar-refractivity contribution in [3.63, 3.8) is 0 Å². The smallest absolute Gasteiger partial charge is 0.141 e. The number of furan rings is 1. The van der Waals surface area contributed by atoms with Crippen LogP contribution in [0.3, 0.4) is 0 Å². The molecule has 2 heterocycles. The molecule has 186 valence electrons. The quantitative estimate of drug-likeness (QED) is 0.232. The predicted octanol–water partition coefficient (Wildman–Crippen LogP) is 9.51. The van der Waals surface area contributed by atoms with E-state index in [0.29, 0.717) is 0 Å². The largest absolute Gasteiger partial charge is 0.456 e. The summed E-state index contributed by atoms with van der Waals surface area (Å²) in [5.74, 6) is 0.979. The normalized spacial score (nSPS) is 13.7. The summed E-state index contributed by atoms with van der Waals surface area (Å²) in [5, 5.41) is 1.18. The summed E-state index contributed by atoms with van der Waals surface area (Å²) in [5.41, 5.74) is 13.9. The topological polar surface area (TPSA) is 26.0 Å². The van der Waals surface area contributed by atoms with Crippen LogP contribution >= 0.6 is 0 Å². The second-order valence-corrected chi connectivity index (χ2v) is 10.7. The van der Waals surface area contributed by atoms with Gasteiger partial charge in [-0.05, 0) is 57.1 Å². The molecule has 9 rings (SSSR count). The molecule has 40 heavy (non-hydrogen) atoms. The molecule has 0 N–H and O–H groups in total. The maximum Gasteiger partial charge on any atom is 0.141 e. The third-order valence-electron chi connectivity index (χ3n) is 8.77. The highest BCUT2D eigenvalue weighted by Crippen LogP contribution is 2.65. The van der Waals surface area contributed by atoms with E-state index in [1.165, 1.54) is 55.5 Å². The summed E-state index contributed by atoms with van der Waals surface area (Å²) in [6, 6.07) is 47.8. The zero-order chi connectivity index (χ0) is 26.3. The highest BCUT2D eigenvalue weighted by Gasteiger charge is 2.54. The van der Waals surface area contributed by atoms with Gasteiger partial charge in [0.25, 0.3) is 0 Å². The third kappa shape index (κ3) is 2.65. The van der Waals surface area contributed by atoms with Gasteiger partial charge >= 0.3 is 0 Å². The highest BCUT2D eigenvalue weighted by molar-refractivity contribution is 6.05.